The van der Waals surface area contributed by atoms with Crippen LogP contribution >= 0.6 is 0 Å². The first kappa shape index (κ1) is 16.6. The molecule has 130 valence electrons. The Kier molecular flexibility index (Phi) is 4.42. The minimum Gasteiger partial charge on any atom is -0.294 e. The highest BCUT2D eigenvalue weighted by Gasteiger charge is 2.17. The molecule has 1 aromatic heterocycles. The molecule has 3 aromatic carbocycles. The molecule has 0 spiro atoms. The highest BCUT2D eigenvalue weighted by atomic mass is 16.1. The summed E-state index contributed by atoms with van der Waals surface area (Å²) in [7, 11) is 0. The van der Waals surface area contributed by atoms with Crippen molar-refractivity contribution in [1.82, 2.24) is 9.78 Å². The van der Waals surface area contributed by atoms with Crippen LogP contribution in [-0.2, 0) is 6.54 Å². The van der Waals surface area contributed by atoms with Crippen molar-refractivity contribution < 1.29 is 0 Å². The molecule has 0 radical (unpaired) electrons. The number of rotatable bonds is 4. The van der Waals surface area contributed by atoms with Crippen molar-refractivity contribution in [3.05, 3.63) is 106 Å². The Morgan fingerprint density at radius 2 is 1.41 bits per heavy atom. The Morgan fingerprint density at radius 3 is 2.00 bits per heavy atom. The van der Waals surface area contributed by atoms with Crippen LogP contribution in [0.4, 0.5) is 0 Å². The van der Waals surface area contributed by atoms with Gasteiger partial charge in [-0.1, -0.05) is 72.8 Å². The molecule has 4 heteroatoms. The smallest absolute Gasteiger partial charge is 0.275 e. The zero-order chi connectivity index (χ0) is 18.6. The van der Waals surface area contributed by atoms with Crippen molar-refractivity contribution in [2.75, 3.05) is 0 Å². The lowest BCUT2D eigenvalue weighted by Crippen LogP contribution is -2.18. The molecule has 0 aliphatic rings. The third kappa shape index (κ3) is 3.31. The van der Waals surface area contributed by atoms with E-state index in [1.54, 1.807) is 16.8 Å². The van der Waals surface area contributed by atoms with Gasteiger partial charge >= 0.3 is 0 Å². The number of aromatic amines is 1. The van der Waals surface area contributed by atoms with Crippen LogP contribution in [0, 0.1) is 11.3 Å². The second-order valence-electron chi connectivity index (χ2n) is 6.29. The second kappa shape index (κ2) is 7.19. The Bertz CT molecular complexity index is 1150. The van der Waals surface area contributed by atoms with Gasteiger partial charge in [0, 0.05) is 5.56 Å². The SMILES string of the molecule is N#Cc1ccc(Cn2[nH]c(-c3ccccc3)c(-c3ccccc3)c2=O)cc1. The van der Waals surface area contributed by atoms with Gasteiger partial charge in [0.15, 0.2) is 0 Å². The summed E-state index contributed by atoms with van der Waals surface area (Å²) in [5.41, 5.74) is 4.81. The lowest BCUT2D eigenvalue weighted by Gasteiger charge is -2.03. The van der Waals surface area contributed by atoms with Gasteiger partial charge in [0.25, 0.3) is 5.56 Å². The number of benzene rings is 3. The summed E-state index contributed by atoms with van der Waals surface area (Å²) in [6, 6.07) is 28.9. The molecule has 1 heterocycles. The molecule has 4 nitrogen and oxygen atoms in total. The fourth-order valence-corrected chi connectivity index (χ4v) is 3.15. The van der Waals surface area contributed by atoms with Crippen LogP contribution < -0.4 is 5.56 Å². The van der Waals surface area contributed by atoms with Crippen LogP contribution in [0.3, 0.4) is 0 Å². The Labute approximate surface area is 156 Å². The molecular formula is C23H17N3O. The van der Waals surface area contributed by atoms with Gasteiger partial charge in [0.2, 0.25) is 0 Å². The molecule has 0 aliphatic carbocycles. The van der Waals surface area contributed by atoms with Crippen molar-refractivity contribution in [1.29, 1.82) is 5.26 Å². The fraction of sp³-hybridized carbons (Fsp3) is 0.0435. The van der Waals surface area contributed by atoms with Gasteiger partial charge < -0.3 is 0 Å². The first-order valence-electron chi connectivity index (χ1n) is 8.69. The number of nitrogens with one attached hydrogen (secondary N) is 1. The van der Waals surface area contributed by atoms with Crippen molar-refractivity contribution in [2.45, 2.75) is 6.54 Å². The predicted octanol–water partition coefficient (Wildman–Crippen LogP) is 4.43. The third-order valence-corrected chi connectivity index (χ3v) is 4.50. The highest BCUT2D eigenvalue weighted by molar-refractivity contribution is 5.80. The largest absolute Gasteiger partial charge is 0.294 e. The molecule has 0 aliphatic heterocycles. The molecule has 0 amide bonds. The van der Waals surface area contributed by atoms with Crippen LogP contribution in [-0.4, -0.2) is 9.78 Å². The monoisotopic (exact) mass is 351 g/mol. The number of aromatic nitrogens is 2. The molecule has 0 bridgehead atoms. The summed E-state index contributed by atoms with van der Waals surface area (Å²) in [6.07, 6.45) is 0. The van der Waals surface area contributed by atoms with E-state index in [-0.39, 0.29) is 5.56 Å². The van der Waals surface area contributed by atoms with Crippen molar-refractivity contribution in [3.8, 4) is 28.5 Å². The van der Waals surface area contributed by atoms with E-state index in [4.69, 9.17) is 5.26 Å². The normalized spacial score (nSPS) is 10.5. The maximum atomic E-state index is 13.2. The predicted molar refractivity (Wildman–Crippen MR) is 106 cm³/mol. The lowest BCUT2D eigenvalue weighted by atomic mass is 10.0. The van der Waals surface area contributed by atoms with Crippen LogP contribution in [0.2, 0.25) is 0 Å². The first-order chi connectivity index (χ1) is 13.3. The van der Waals surface area contributed by atoms with Gasteiger partial charge in [-0.25, -0.2) is 4.68 Å². The lowest BCUT2D eigenvalue weighted by molar-refractivity contribution is 0.666. The summed E-state index contributed by atoms with van der Waals surface area (Å²) in [5, 5.41) is 12.2. The molecular weight excluding hydrogens is 334 g/mol. The minimum atomic E-state index is -0.0654. The van der Waals surface area contributed by atoms with E-state index in [0.717, 1.165) is 22.4 Å². The Morgan fingerprint density at radius 1 is 0.815 bits per heavy atom. The maximum Gasteiger partial charge on any atom is 0.275 e. The Hall–Kier alpha value is -3.84. The fourth-order valence-electron chi connectivity index (χ4n) is 3.15. The number of nitrogens with zero attached hydrogens (tertiary/aromatic N) is 2. The molecule has 27 heavy (non-hydrogen) atoms. The van der Waals surface area contributed by atoms with E-state index < -0.39 is 0 Å². The van der Waals surface area contributed by atoms with Gasteiger partial charge in [0.05, 0.1) is 29.4 Å². The number of H-pyrrole nitrogens is 1. The second-order valence-corrected chi connectivity index (χ2v) is 6.29. The standard InChI is InChI=1S/C23H17N3O/c24-15-17-11-13-18(14-12-17)16-26-23(27)21(19-7-3-1-4-8-19)22(25-26)20-9-5-2-6-10-20/h1-14,25H,16H2. The van der Waals surface area contributed by atoms with E-state index in [0.29, 0.717) is 17.7 Å². The average molecular weight is 351 g/mol. The number of nitriles is 1. The molecule has 1 N–H and O–H groups in total. The summed E-state index contributed by atoms with van der Waals surface area (Å²) < 4.78 is 1.62. The first-order valence-corrected chi connectivity index (χ1v) is 8.69. The van der Waals surface area contributed by atoms with E-state index in [1.807, 2.05) is 72.8 Å². The van der Waals surface area contributed by atoms with E-state index in [1.165, 1.54) is 0 Å². The van der Waals surface area contributed by atoms with Crippen molar-refractivity contribution in [3.63, 3.8) is 0 Å². The summed E-state index contributed by atoms with van der Waals surface area (Å²) in [4.78, 5) is 13.2. The maximum absolute atomic E-state index is 13.2. The summed E-state index contributed by atoms with van der Waals surface area (Å²) in [5.74, 6) is 0. The van der Waals surface area contributed by atoms with Gasteiger partial charge in [-0.15, -0.1) is 0 Å². The quantitative estimate of drug-likeness (QED) is 0.591. The molecule has 0 saturated carbocycles. The topological polar surface area (TPSA) is 61.6 Å². The Balaban J connectivity index is 1.83. The molecule has 4 rings (SSSR count). The van der Waals surface area contributed by atoms with Gasteiger partial charge in [-0.2, -0.15) is 5.26 Å². The van der Waals surface area contributed by atoms with Gasteiger partial charge in [0.1, 0.15) is 0 Å². The average Bonchev–Trinajstić information content (AvgIpc) is 3.06. The van der Waals surface area contributed by atoms with Crippen molar-refractivity contribution >= 4 is 0 Å². The molecule has 0 saturated heterocycles. The van der Waals surface area contributed by atoms with Gasteiger partial charge in [-0.05, 0) is 23.3 Å². The minimum absolute atomic E-state index is 0.0654. The van der Waals surface area contributed by atoms with E-state index in [9.17, 15) is 4.79 Å². The molecule has 0 unspecified atom stereocenters. The summed E-state index contributed by atoms with van der Waals surface area (Å²) >= 11 is 0. The number of hydrogen-bond acceptors (Lipinski definition) is 2. The van der Waals surface area contributed by atoms with Crippen LogP contribution in [0.5, 0.6) is 0 Å². The van der Waals surface area contributed by atoms with Gasteiger partial charge in [-0.3, -0.25) is 9.89 Å². The third-order valence-electron chi connectivity index (χ3n) is 4.50. The summed E-state index contributed by atoms with van der Waals surface area (Å²) in [6.45, 7) is 0.414. The van der Waals surface area contributed by atoms with E-state index >= 15 is 0 Å². The zero-order valence-corrected chi connectivity index (χ0v) is 14.6. The van der Waals surface area contributed by atoms with E-state index in [2.05, 4.69) is 11.2 Å². The van der Waals surface area contributed by atoms with Crippen LogP contribution in [0.25, 0.3) is 22.4 Å². The highest BCUT2D eigenvalue weighted by Crippen LogP contribution is 2.27. The van der Waals surface area contributed by atoms with Crippen molar-refractivity contribution in [2.24, 2.45) is 0 Å². The zero-order valence-electron chi connectivity index (χ0n) is 14.6. The van der Waals surface area contributed by atoms with Crippen LogP contribution in [0.1, 0.15) is 11.1 Å². The molecule has 0 atom stereocenters. The number of hydrogen-bond donors (Lipinski definition) is 1. The molecule has 0 fully saturated rings. The van der Waals surface area contributed by atoms with Crippen LogP contribution in [0.15, 0.2) is 89.7 Å². The molecule has 4 aromatic rings.